The average Bonchev–Trinajstić information content (AvgIpc) is 3.28. The van der Waals surface area contributed by atoms with E-state index in [9.17, 15) is 9.59 Å². The van der Waals surface area contributed by atoms with Crippen molar-refractivity contribution in [3.8, 4) is 0 Å². The molecule has 4 rings (SSSR count). The normalized spacial score (nSPS) is 13.1. The summed E-state index contributed by atoms with van der Waals surface area (Å²) in [7, 11) is 0. The summed E-state index contributed by atoms with van der Waals surface area (Å²) in [4.78, 5) is 28.1. The number of carbonyl (C=O) groups is 2. The van der Waals surface area contributed by atoms with E-state index in [1.807, 2.05) is 42.5 Å². The molecule has 2 heterocycles. The Kier molecular flexibility index (Phi) is 5.71. The topological polar surface area (TPSA) is 62.6 Å². The number of thioether (sulfide) groups is 1. The van der Waals surface area contributed by atoms with E-state index in [0.717, 1.165) is 28.3 Å². The Bertz CT molecular complexity index is 1030. The van der Waals surface area contributed by atoms with E-state index in [4.69, 9.17) is 4.42 Å². The molecule has 0 fully saturated rings. The number of hydrogen-bond donors (Lipinski definition) is 1. The second kappa shape index (κ2) is 8.57. The highest BCUT2D eigenvalue weighted by atomic mass is 32.2. The van der Waals surface area contributed by atoms with Crippen LogP contribution in [0.2, 0.25) is 0 Å². The van der Waals surface area contributed by atoms with Gasteiger partial charge in [-0.1, -0.05) is 25.1 Å². The average molecular weight is 407 g/mol. The molecule has 1 aromatic heterocycles. The first kappa shape index (κ1) is 19.3. The number of nitrogens with one attached hydrogen (secondary N) is 1. The first-order valence-electron chi connectivity index (χ1n) is 9.63. The second-order valence-electron chi connectivity index (χ2n) is 6.82. The van der Waals surface area contributed by atoms with Crippen molar-refractivity contribution in [3.05, 3.63) is 83.3 Å². The van der Waals surface area contributed by atoms with Crippen molar-refractivity contribution in [2.75, 3.05) is 17.6 Å². The molecule has 2 amide bonds. The number of amides is 2. The van der Waals surface area contributed by atoms with Gasteiger partial charge in [-0.2, -0.15) is 0 Å². The van der Waals surface area contributed by atoms with Crippen LogP contribution in [0.1, 0.15) is 39.0 Å². The summed E-state index contributed by atoms with van der Waals surface area (Å²) in [5.74, 6) is 1.02. The van der Waals surface area contributed by atoms with Gasteiger partial charge >= 0.3 is 0 Å². The number of rotatable bonds is 5. The minimum Gasteiger partial charge on any atom is -0.459 e. The maximum Gasteiger partial charge on any atom is 0.289 e. The first-order valence-corrected chi connectivity index (χ1v) is 10.6. The molecule has 0 atom stereocenters. The molecule has 148 valence electrons. The van der Waals surface area contributed by atoms with E-state index in [0.29, 0.717) is 24.4 Å². The van der Waals surface area contributed by atoms with Crippen molar-refractivity contribution in [1.82, 2.24) is 4.90 Å². The van der Waals surface area contributed by atoms with Gasteiger partial charge in [0.1, 0.15) is 0 Å². The molecule has 1 N–H and O–H groups in total. The Morgan fingerprint density at radius 3 is 2.76 bits per heavy atom. The summed E-state index contributed by atoms with van der Waals surface area (Å²) < 4.78 is 5.24. The number of fused-ring (bicyclic) bond motifs is 1. The van der Waals surface area contributed by atoms with E-state index < -0.39 is 0 Å². The van der Waals surface area contributed by atoms with Crippen LogP contribution in [0.15, 0.2) is 70.2 Å². The lowest BCUT2D eigenvalue weighted by Gasteiger charge is -2.28. The van der Waals surface area contributed by atoms with Crippen molar-refractivity contribution in [1.29, 1.82) is 0 Å². The Hall–Kier alpha value is -2.99. The molecule has 6 heteroatoms. The van der Waals surface area contributed by atoms with E-state index >= 15 is 0 Å². The number of anilines is 1. The van der Waals surface area contributed by atoms with E-state index in [2.05, 4.69) is 12.2 Å². The second-order valence-corrected chi connectivity index (χ2v) is 8.13. The van der Waals surface area contributed by atoms with Crippen LogP contribution in [0.5, 0.6) is 0 Å². The zero-order valence-corrected chi connectivity index (χ0v) is 17.0. The highest BCUT2D eigenvalue weighted by Gasteiger charge is 2.24. The molecular formula is C23H22N2O3S. The molecule has 3 aromatic rings. The fourth-order valence-electron chi connectivity index (χ4n) is 3.50. The number of hydrogen-bond acceptors (Lipinski definition) is 4. The molecule has 29 heavy (non-hydrogen) atoms. The van der Waals surface area contributed by atoms with E-state index in [-0.39, 0.29) is 11.8 Å². The van der Waals surface area contributed by atoms with Crippen LogP contribution in [0.3, 0.4) is 0 Å². The van der Waals surface area contributed by atoms with Crippen LogP contribution < -0.4 is 5.32 Å². The molecule has 2 aromatic carbocycles. The van der Waals surface area contributed by atoms with Crippen LogP contribution >= 0.6 is 11.8 Å². The van der Waals surface area contributed by atoms with Crippen molar-refractivity contribution in [2.24, 2.45) is 0 Å². The minimum atomic E-state index is -0.124. The molecule has 5 nitrogen and oxygen atoms in total. The highest BCUT2D eigenvalue weighted by Crippen LogP contribution is 2.26. The summed E-state index contributed by atoms with van der Waals surface area (Å²) in [6.07, 6.45) is 2.29. The fourth-order valence-corrected chi connectivity index (χ4v) is 4.30. The summed E-state index contributed by atoms with van der Waals surface area (Å²) >= 11 is 1.65. The lowest BCUT2D eigenvalue weighted by molar-refractivity contribution is 0.0702. The molecule has 1 aliphatic rings. The quantitative estimate of drug-likeness (QED) is 0.616. The molecule has 0 unspecified atom stereocenters. The summed E-state index contributed by atoms with van der Waals surface area (Å²) in [6.45, 7) is 3.22. The first-order chi connectivity index (χ1) is 14.2. The summed E-state index contributed by atoms with van der Waals surface area (Å²) in [6, 6.07) is 16.9. The third kappa shape index (κ3) is 4.22. The Balaban J connectivity index is 1.51. The van der Waals surface area contributed by atoms with Gasteiger partial charge in [0.15, 0.2) is 5.76 Å². The smallest absolute Gasteiger partial charge is 0.289 e. The molecule has 0 saturated carbocycles. The van der Waals surface area contributed by atoms with Gasteiger partial charge < -0.3 is 14.6 Å². The summed E-state index contributed by atoms with van der Waals surface area (Å²) in [5, 5.41) is 3.00. The van der Waals surface area contributed by atoms with E-state index in [1.54, 1.807) is 28.8 Å². The Morgan fingerprint density at radius 2 is 1.97 bits per heavy atom. The maximum absolute atomic E-state index is 12.8. The van der Waals surface area contributed by atoms with Crippen LogP contribution in [-0.4, -0.2) is 29.0 Å². The van der Waals surface area contributed by atoms with Gasteiger partial charge in [-0.15, -0.1) is 11.8 Å². The van der Waals surface area contributed by atoms with Gasteiger partial charge in [0.2, 0.25) is 0 Å². The van der Waals surface area contributed by atoms with Crippen LogP contribution in [0, 0.1) is 0 Å². The van der Waals surface area contributed by atoms with Crippen molar-refractivity contribution < 1.29 is 14.0 Å². The monoisotopic (exact) mass is 406 g/mol. The van der Waals surface area contributed by atoms with Crippen LogP contribution in [0.4, 0.5) is 5.69 Å². The summed E-state index contributed by atoms with van der Waals surface area (Å²) in [5.41, 5.74) is 3.66. The largest absolute Gasteiger partial charge is 0.459 e. The molecule has 0 spiro atoms. The van der Waals surface area contributed by atoms with Gasteiger partial charge in [0, 0.05) is 23.7 Å². The number of carbonyl (C=O) groups excluding carboxylic acids is 2. The van der Waals surface area contributed by atoms with E-state index in [1.165, 1.54) is 11.8 Å². The number of benzene rings is 2. The molecule has 1 aliphatic heterocycles. The van der Waals surface area contributed by atoms with Crippen LogP contribution in [0.25, 0.3) is 0 Å². The Morgan fingerprint density at radius 1 is 1.10 bits per heavy atom. The molecule has 0 radical (unpaired) electrons. The minimum absolute atomic E-state index is 0.111. The lowest BCUT2D eigenvalue weighted by atomic mass is 9.98. The number of nitrogens with zero attached hydrogens (tertiary/aromatic N) is 1. The van der Waals surface area contributed by atoms with Gasteiger partial charge in [0.25, 0.3) is 11.8 Å². The molecular weight excluding hydrogens is 384 g/mol. The standard InChI is InChI=1S/C23H22N2O3S/c1-2-29-21-8-4-3-6-19(21)22(26)24-18-10-9-16-11-12-25(15-17(16)14-18)23(27)20-7-5-13-28-20/h3-10,13-14H,2,11-12,15H2,1H3,(H,24,26). The van der Waals surface area contributed by atoms with Crippen LogP contribution in [-0.2, 0) is 13.0 Å². The van der Waals surface area contributed by atoms with Crippen molar-refractivity contribution >= 4 is 29.3 Å². The lowest BCUT2D eigenvalue weighted by Crippen LogP contribution is -2.35. The maximum atomic E-state index is 12.8. The third-order valence-electron chi connectivity index (χ3n) is 4.93. The van der Waals surface area contributed by atoms with Crippen molar-refractivity contribution in [3.63, 3.8) is 0 Å². The zero-order valence-electron chi connectivity index (χ0n) is 16.2. The van der Waals surface area contributed by atoms with Gasteiger partial charge in [-0.3, -0.25) is 9.59 Å². The van der Waals surface area contributed by atoms with Gasteiger partial charge in [-0.05, 0) is 59.7 Å². The van der Waals surface area contributed by atoms with Crippen molar-refractivity contribution in [2.45, 2.75) is 24.8 Å². The zero-order chi connectivity index (χ0) is 20.2. The molecule has 0 bridgehead atoms. The molecule has 0 aliphatic carbocycles. The van der Waals surface area contributed by atoms with Gasteiger partial charge in [-0.25, -0.2) is 0 Å². The highest BCUT2D eigenvalue weighted by molar-refractivity contribution is 7.99. The Labute approximate surface area is 174 Å². The number of furan rings is 1. The predicted octanol–water partition coefficient (Wildman–Crippen LogP) is 4.84. The third-order valence-corrected chi connectivity index (χ3v) is 5.88. The predicted molar refractivity (Wildman–Crippen MR) is 114 cm³/mol. The fraction of sp³-hybridized carbons (Fsp3) is 0.217. The SMILES string of the molecule is CCSc1ccccc1C(=O)Nc1ccc2c(c1)CN(C(=O)c1ccco1)CC2. The van der Waals surface area contributed by atoms with Gasteiger partial charge in [0.05, 0.1) is 11.8 Å². The molecule has 0 saturated heterocycles.